The highest BCUT2D eigenvalue weighted by Crippen LogP contribution is 2.58. The van der Waals surface area contributed by atoms with E-state index >= 15 is 0 Å². The molecule has 306 valence electrons. The molecule has 14 nitrogen and oxygen atoms in total. The van der Waals surface area contributed by atoms with Gasteiger partial charge in [-0.3, -0.25) is 14.5 Å². The lowest BCUT2D eigenvalue weighted by Crippen LogP contribution is -2.48. The van der Waals surface area contributed by atoms with E-state index in [9.17, 15) is 19.8 Å². The molecule has 4 aromatic heterocycles. The molecule has 2 aromatic carbocycles. The number of hydrogen-bond donors (Lipinski definition) is 4. The molecule has 2 amide bonds. The van der Waals surface area contributed by atoms with Gasteiger partial charge in [-0.05, 0) is 72.2 Å². The number of phenols is 1. The molecule has 59 heavy (non-hydrogen) atoms. The van der Waals surface area contributed by atoms with Crippen molar-refractivity contribution in [3.8, 4) is 33.3 Å². The van der Waals surface area contributed by atoms with Gasteiger partial charge in [-0.15, -0.1) is 21.5 Å². The van der Waals surface area contributed by atoms with Crippen LogP contribution in [0.4, 0.5) is 0 Å². The van der Waals surface area contributed by atoms with Crippen LogP contribution < -0.4 is 10.1 Å². The van der Waals surface area contributed by atoms with Gasteiger partial charge in [0.25, 0.3) is 5.88 Å². The maximum Gasteiger partial charge on any atom is 0.254 e. The standard InChI is InChI=1S/C44H48N8O6S/c1-23(2)39(44(56)52-19-29(53)17-35(52)43(55)46-24(3)26-9-11-27(12-10-26)41-25(4)45-22-59-41)37-18-38(50-58-37)57-14-13-51-20-31-32(21-51)40(31)34-16-28-15-33(48-49-42(28)47-34)30-7-5-6-8-36(30)54/h5-12,15-16,18,22-24,29,31-32,35,39-40,53-54H,13-14,17,19-21H2,1-4H3,(H,46,55)(H,47,49)/t24-,29+,31-,32+,35-,39+,40?/m0/s1. The Morgan fingerprint density at radius 3 is 2.54 bits per heavy atom. The zero-order chi connectivity index (χ0) is 40.9. The number of likely N-dealkylation sites (tertiary alicyclic amines) is 2. The first-order valence-corrected chi connectivity index (χ1v) is 21.2. The Balaban J connectivity index is 0.772. The normalized spacial score (nSPS) is 22.5. The summed E-state index contributed by atoms with van der Waals surface area (Å²) in [6, 6.07) is 19.9. The van der Waals surface area contributed by atoms with Crippen LogP contribution in [0.1, 0.15) is 67.8 Å². The number of rotatable bonds is 13. The minimum Gasteiger partial charge on any atom is -0.507 e. The van der Waals surface area contributed by atoms with Gasteiger partial charge in [-0.2, -0.15) is 0 Å². The van der Waals surface area contributed by atoms with Gasteiger partial charge in [0.05, 0.1) is 33.9 Å². The molecular weight excluding hydrogens is 769 g/mol. The molecule has 4 N–H and O–H groups in total. The maximum absolute atomic E-state index is 14.2. The van der Waals surface area contributed by atoms with Crippen LogP contribution >= 0.6 is 11.3 Å². The lowest BCUT2D eigenvalue weighted by molar-refractivity contribution is -0.141. The predicted octanol–water partition coefficient (Wildman–Crippen LogP) is 6.05. The van der Waals surface area contributed by atoms with Crippen molar-refractivity contribution < 1.29 is 29.1 Å². The lowest BCUT2D eigenvalue weighted by Gasteiger charge is -2.29. The van der Waals surface area contributed by atoms with Gasteiger partial charge in [0, 0.05) is 61.2 Å². The molecule has 6 aromatic rings. The van der Waals surface area contributed by atoms with Crippen molar-refractivity contribution in [3.05, 3.63) is 95.0 Å². The molecule has 6 heterocycles. The quantitative estimate of drug-likeness (QED) is 0.106. The third kappa shape index (κ3) is 7.70. The summed E-state index contributed by atoms with van der Waals surface area (Å²) in [5.41, 5.74) is 8.03. The largest absolute Gasteiger partial charge is 0.507 e. The second-order valence-electron chi connectivity index (χ2n) is 16.5. The van der Waals surface area contributed by atoms with Crippen LogP contribution in [0.5, 0.6) is 11.6 Å². The molecule has 0 radical (unpaired) electrons. The summed E-state index contributed by atoms with van der Waals surface area (Å²) in [6.07, 6.45) is -0.665. The molecule has 0 spiro atoms. The number of nitrogens with zero attached hydrogens (tertiary/aromatic N) is 6. The van der Waals surface area contributed by atoms with Crippen molar-refractivity contribution in [2.75, 3.05) is 32.8 Å². The highest BCUT2D eigenvalue weighted by molar-refractivity contribution is 7.13. The van der Waals surface area contributed by atoms with Crippen molar-refractivity contribution >= 4 is 34.2 Å². The van der Waals surface area contributed by atoms with Crippen molar-refractivity contribution in [1.29, 1.82) is 0 Å². The zero-order valence-corrected chi connectivity index (χ0v) is 34.2. The number of piperidine rings is 1. The fourth-order valence-electron chi connectivity index (χ4n) is 9.09. The highest BCUT2D eigenvalue weighted by atomic mass is 32.1. The Hall–Kier alpha value is -5.64. The summed E-state index contributed by atoms with van der Waals surface area (Å²) >= 11 is 1.59. The number of amides is 2. The number of fused-ring (bicyclic) bond motifs is 2. The number of thiazole rings is 1. The number of aromatic nitrogens is 5. The zero-order valence-electron chi connectivity index (χ0n) is 33.4. The number of para-hydroxylation sites is 1. The number of H-pyrrole nitrogens is 1. The summed E-state index contributed by atoms with van der Waals surface area (Å²) in [5, 5.41) is 37.9. The first-order chi connectivity index (χ1) is 28.5. The molecular formula is C44H48N8O6S. The molecule has 1 aliphatic carbocycles. The number of aliphatic hydroxyl groups excluding tert-OH is 1. The molecule has 7 atom stereocenters. The Bertz CT molecular complexity index is 2470. The van der Waals surface area contributed by atoms with Gasteiger partial charge in [-0.1, -0.05) is 50.2 Å². The molecule has 0 bridgehead atoms. The smallest absolute Gasteiger partial charge is 0.254 e. The second-order valence-corrected chi connectivity index (χ2v) is 17.4. The van der Waals surface area contributed by atoms with Crippen LogP contribution in [0.15, 0.2) is 76.8 Å². The van der Waals surface area contributed by atoms with E-state index in [4.69, 9.17) is 9.26 Å². The minimum absolute atomic E-state index is 0.0581. The van der Waals surface area contributed by atoms with E-state index < -0.39 is 18.1 Å². The Morgan fingerprint density at radius 1 is 1.03 bits per heavy atom. The fraction of sp³-hybridized carbons (Fsp3) is 0.409. The summed E-state index contributed by atoms with van der Waals surface area (Å²) in [7, 11) is 0. The van der Waals surface area contributed by atoms with E-state index in [0.717, 1.165) is 52.4 Å². The van der Waals surface area contributed by atoms with Crippen LogP contribution in [0.3, 0.4) is 0 Å². The number of nitrogens with one attached hydrogen (secondary N) is 2. The number of aromatic hydroxyl groups is 1. The second kappa shape index (κ2) is 15.8. The minimum atomic E-state index is -0.821. The third-order valence-corrected chi connectivity index (χ3v) is 13.2. The number of aryl methyl sites for hydroxylation is 1. The molecule has 3 fully saturated rings. The summed E-state index contributed by atoms with van der Waals surface area (Å²) in [4.78, 5) is 40.6. The van der Waals surface area contributed by atoms with Gasteiger partial charge < -0.3 is 34.7 Å². The number of β-amino-alcohol motifs (C(OH)–C–C–N with tert-alkyl or cyclic N) is 1. The number of ether oxygens (including phenoxy) is 1. The molecule has 1 unspecified atom stereocenters. The first-order valence-electron chi connectivity index (χ1n) is 20.3. The van der Waals surface area contributed by atoms with Crippen LogP contribution in [0, 0.1) is 24.7 Å². The Kier molecular flexibility index (Phi) is 10.4. The van der Waals surface area contributed by atoms with Crippen molar-refractivity contribution in [2.24, 2.45) is 17.8 Å². The number of benzene rings is 2. The monoisotopic (exact) mass is 816 g/mol. The van der Waals surface area contributed by atoms with Crippen molar-refractivity contribution in [2.45, 2.75) is 64.1 Å². The van der Waals surface area contributed by atoms with Gasteiger partial charge in [-0.25, -0.2) is 4.98 Å². The van der Waals surface area contributed by atoms with Gasteiger partial charge >= 0.3 is 0 Å². The molecule has 2 aliphatic heterocycles. The highest BCUT2D eigenvalue weighted by Gasteiger charge is 2.56. The van der Waals surface area contributed by atoms with Gasteiger partial charge in [0.2, 0.25) is 11.8 Å². The topological polar surface area (TPSA) is 183 Å². The van der Waals surface area contributed by atoms with Crippen LogP contribution in [-0.2, 0) is 9.59 Å². The Labute approximate surface area is 345 Å². The van der Waals surface area contributed by atoms with Crippen LogP contribution in [0.25, 0.3) is 32.7 Å². The number of hydrogen-bond acceptors (Lipinski definition) is 12. The van der Waals surface area contributed by atoms with Crippen molar-refractivity contribution in [3.63, 3.8) is 0 Å². The average molecular weight is 817 g/mol. The number of phenolic OH excluding ortho intramolecular Hbond substituents is 1. The molecule has 9 rings (SSSR count). The third-order valence-electron chi connectivity index (χ3n) is 12.3. The summed E-state index contributed by atoms with van der Waals surface area (Å²) in [5.74, 6) is 0.917. The predicted molar refractivity (Wildman–Crippen MR) is 222 cm³/mol. The SMILES string of the molecule is Cc1ncsc1-c1ccc([C@H](C)NC(=O)[C@@H]2C[C@@H](O)CN2C(=O)[C@@H](c2cc(OCCN3C[C@@H]4C(c5cc6cc(-c7ccccc7O)nnc6[nH]5)[C@@H]4C3)no2)C(C)C)cc1. The first kappa shape index (κ1) is 38.9. The summed E-state index contributed by atoms with van der Waals surface area (Å²) in [6.45, 7) is 10.9. The van der Waals surface area contributed by atoms with E-state index in [1.807, 2.05) is 75.7 Å². The van der Waals surface area contributed by atoms with E-state index in [1.165, 1.54) is 10.6 Å². The molecule has 2 saturated heterocycles. The van der Waals surface area contributed by atoms with E-state index in [-0.39, 0.29) is 42.5 Å². The summed E-state index contributed by atoms with van der Waals surface area (Å²) < 4.78 is 11.7. The molecule has 1 saturated carbocycles. The van der Waals surface area contributed by atoms with E-state index in [0.29, 0.717) is 47.3 Å². The van der Waals surface area contributed by atoms with Gasteiger partial charge in [0.15, 0.2) is 11.4 Å². The molecule has 15 heteroatoms. The van der Waals surface area contributed by atoms with Crippen molar-refractivity contribution in [1.82, 2.24) is 40.4 Å². The Morgan fingerprint density at radius 2 is 1.81 bits per heavy atom. The van der Waals surface area contributed by atoms with Crippen LogP contribution in [0.2, 0.25) is 0 Å². The van der Waals surface area contributed by atoms with E-state index in [2.05, 4.69) is 41.6 Å². The maximum atomic E-state index is 14.2. The average Bonchev–Trinajstić information content (AvgIpc) is 3.91. The fourth-order valence-corrected chi connectivity index (χ4v) is 9.91. The number of aromatic amines is 1. The van der Waals surface area contributed by atoms with Crippen LogP contribution in [-0.4, -0.2) is 102 Å². The van der Waals surface area contributed by atoms with Gasteiger partial charge in [0.1, 0.15) is 24.3 Å². The number of carbonyl (C=O) groups excluding carboxylic acids is 2. The lowest BCUT2D eigenvalue weighted by atomic mass is 9.91. The number of aliphatic hydroxyl groups is 1. The number of carbonyl (C=O) groups is 2. The van der Waals surface area contributed by atoms with E-state index in [1.54, 1.807) is 29.5 Å². The molecule has 3 aliphatic rings.